The van der Waals surface area contributed by atoms with E-state index in [1.165, 1.54) is 0 Å². The molecule has 1 aliphatic rings. The van der Waals surface area contributed by atoms with Crippen molar-refractivity contribution in [3.8, 4) is 0 Å². The Morgan fingerprint density at radius 1 is 1.26 bits per heavy atom. The van der Waals surface area contributed by atoms with Crippen molar-refractivity contribution in [2.75, 3.05) is 46.6 Å². The number of carbonyl (C=O) groups is 1. The number of hydrogen-bond donors (Lipinski definition) is 1. The molecular formula is C14H27NO4. The lowest BCUT2D eigenvalue weighted by Crippen LogP contribution is -2.35. The van der Waals surface area contributed by atoms with Crippen LogP contribution in [0.5, 0.6) is 0 Å². The van der Waals surface area contributed by atoms with Gasteiger partial charge in [-0.15, -0.1) is 0 Å². The van der Waals surface area contributed by atoms with Crippen molar-refractivity contribution in [2.24, 2.45) is 5.41 Å². The summed E-state index contributed by atoms with van der Waals surface area (Å²) in [5.41, 5.74) is -0.286. The molecule has 1 saturated heterocycles. The van der Waals surface area contributed by atoms with E-state index in [0.29, 0.717) is 26.4 Å². The average Bonchev–Trinajstić information content (AvgIpc) is 2.88. The zero-order valence-electron chi connectivity index (χ0n) is 12.2. The Balaban J connectivity index is 2.15. The van der Waals surface area contributed by atoms with E-state index in [4.69, 9.17) is 14.2 Å². The molecule has 1 atom stereocenters. The summed E-state index contributed by atoms with van der Waals surface area (Å²) in [6.45, 7) is 6.02. The summed E-state index contributed by atoms with van der Waals surface area (Å²) in [6, 6.07) is 0. The molecule has 0 aromatic carbocycles. The van der Waals surface area contributed by atoms with Crippen LogP contribution in [-0.4, -0.2) is 52.6 Å². The van der Waals surface area contributed by atoms with Gasteiger partial charge < -0.3 is 19.5 Å². The van der Waals surface area contributed by atoms with Gasteiger partial charge >= 0.3 is 5.97 Å². The van der Waals surface area contributed by atoms with E-state index < -0.39 is 0 Å². The van der Waals surface area contributed by atoms with Crippen molar-refractivity contribution in [3.05, 3.63) is 0 Å². The second-order valence-corrected chi connectivity index (χ2v) is 5.05. The van der Waals surface area contributed by atoms with E-state index in [9.17, 15) is 4.79 Å². The quantitative estimate of drug-likeness (QED) is 0.481. The summed E-state index contributed by atoms with van der Waals surface area (Å²) in [7, 11) is 1.65. The van der Waals surface area contributed by atoms with Crippen molar-refractivity contribution in [2.45, 2.75) is 32.6 Å². The molecule has 1 aliphatic heterocycles. The minimum atomic E-state index is -0.286. The van der Waals surface area contributed by atoms with Crippen LogP contribution in [0, 0.1) is 5.41 Å². The van der Waals surface area contributed by atoms with Gasteiger partial charge in [-0.05, 0) is 19.4 Å². The highest BCUT2D eigenvalue weighted by atomic mass is 16.5. The first-order valence-corrected chi connectivity index (χ1v) is 7.20. The van der Waals surface area contributed by atoms with Crippen LogP contribution >= 0.6 is 0 Å². The van der Waals surface area contributed by atoms with Crippen LogP contribution < -0.4 is 5.32 Å². The van der Waals surface area contributed by atoms with Gasteiger partial charge in [0.05, 0.1) is 25.2 Å². The fraction of sp³-hybridized carbons (Fsp3) is 0.929. The van der Waals surface area contributed by atoms with Gasteiger partial charge in [-0.3, -0.25) is 4.79 Å². The van der Waals surface area contributed by atoms with Crippen LogP contribution in [0.3, 0.4) is 0 Å². The number of nitrogens with one attached hydrogen (secondary N) is 1. The lowest BCUT2D eigenvalue weighted by molar-refractivity contribution is -0.155. The van der Waals surface area contributed by atoms with E-state index in [1.807, 2.05) is 0 Å². The maximum absolute atomic E-state index is 12.2. The summed E-state index contributed by atoms with van der Waals surface area (Å²) in [5.74, 6) is -0.0451. The van der Waals surface area contributed by atoms with Gasteiger partial charge in [-0.25, -0.2) is 0 Å². The van der Waals surface area contributed by atoms with E-state index in [1.54, 1.807) is 7.11 Å². The summed E-state index contributed by atoms with van der Waals surface area (Å²) >= 11 is 0. The van der Waals surface area contributed by atoms with E-state index in [0.717, 1.165) is 38.8 Å². The van der Waals surface area contributed by atoms with E-state index >= 15 is 0 Å². The number of rotatable bonds is 10. The zero-order valence-corrected chi connectivity index (χ0v) is 12.2. The Kier molecular flexibility index (Phi) is 8.02. The molecule has 1 heterocycles. The predicted molar refractivity (Wildman–Crippen MR) is 73.1 cm³/mol. The highest BCUT2D eigenvalue weighted by Gasteiger charge is 2.41. The van der Waals surface area contributed by atoms with E-state index in [-0.39, 0.29) is 11.4 Å². The SMILES string of the molecule is CCCC1(C(=O)OCCCOCCOC)CCNC1. The summed E-state index contributed by atoms with van der Waals surface area (Å²) in [6.07, 6.45) is 3.55. The molecule has 19 heavy (non-hydrogen) atoms. The summed E-state index contributed by atoms with van der Waals surface area (Å²) in [5, 5.41) is 3.26. The largest absolute Gasteiger partial charge is 0.465 e. The molecule has 112 valence electrons. The molecular weight excluding hydrogens is 246 g/mol. The third-order valence-electron chi connectivity index (χ3n) is 3.50. The van der Waals surface area contributed by atoms with Crippen molar-refractivity contribution < 1.29 is 19.0 Å². The molecule has 0 bridgehead atoms. The lowest BCUT2D eigenvalue weighted by atomic mass is 9.82. The van der Waals surface area contributed by atoms with Gasteiger partial charge in [-0.1, -0.05) is 13.3 Å². The molecule has 0 radical (unpaired) electrons. The Bertz CT molecular complexity index is 252. The normalized spacial score (nSPS) is 22.6. The standard InChI is InChI=1S/C14H27NO4/c1-3-5-14(6-7-15-12-14)13(16)19-9-4-8-18-11-10-17-2/h15H,3-12H2,1-2H3. The van der Waals surface area contributed by atoms with Gasteiger partial charge in [0.2, 0.25) is 0 Å². The van der Waals surface area contributed by atoms with Crippen LogP contribution in [0.15, 0.2) is 0 Å². The molecule has 5 nitrogen and oxygen atoms in total. The van der Waals surface area contributed by atoms with Crippen LogP contribution in [-0.2, 0) is 19.0 Å². The Labute approximate surface area is 116 Å². The first-order valence-electron chi connectivity index (χ1n) is 7.20. The molecule has 1 unspecified atom stereocenters. The Morgan fingerprint density at radius 3 is 2.74 bits per heavy atom. The molecule has 1 N–H and O–H groups in total. The van der Waals surface area contributed by atoms with Crippen molar-refractivity contribution in [3.63, 3.8) is 0 Å². The minimum absolute atomic E-state index is 0.0451. The molecule has 1 fully saturated rings. The van der Waals surface area contributed by atoms with Gasteiger partial charge in [-0.2, -0.15) is 0 Å². The number of ether oxygens (including phenoxy) is 3. The monoisotopic (exact) mass is 273 g/mol. The van der Waals surface area contributed by atoms with Gasteiger partial charge in [0.1, 0.15) is 0 Å². The highest BCUT2D eigenvalue weighted by molar-refractivity contribution is 5.77. The second-order valence-electron chi connectivity index (χ2n) is 5.05. The smallest absolute Gasteiger partial charge is 0.313 e. The van der Waals surface area contributed by atoms with Gasteiger partial charge in [0, 0.05) is 26.7 Å². The number of carbonyl (C=O) groups excluding carboxylic acids is 1. The molecule has 5 heteroatoms. The molecule has 0 amide bonds. The lowest BCUT2D eigenvalue weighted by Gasteiger charge is -2.25. The van der Waals surface area contributed by atoms with E-state index in [2.05, 4.69) is 12.2 Å². The van der Waals surface area contributed by atoms with Crippen molar-refractivity contribution in [1.29, 1.82) is 0 Å². The minimum Gasteiger partial charge on any atom is -0.465 e. The molecule has 0 spiro atoms. The predicted octanol–water partition coefficient (Wildman–Crippen LogP) is 1.36. The fourth-order valence-electron chi connectivity index (χ4n) is 2.44. The van der Waals surface area contributed by atoms with Crippen LogP contribution in [0.4, 0.5) is 0 Å². The number of esters is 1. The molecule has 1 rings (SSSR count). The molecule has 0 aliphatic carbocycles. The second kappa shape index (κ2) is 9.28. The fourth-order valence-corrected chi connectivity index (χ4v) is 2.44. The molecule has 0 aromatic rings. The Hall–Kier alpha value is -0.650. The van der Waals surface area contributed by atoms with Gasteiger partial charge in [0.25, 0.3) is 0 Å². The zero-order chi connectivity index (χ0) is 14.0. The maximum Gasteiger partial charge on any atom is 0.313 e. The summed E-state index contributed by atoms with van der Waals surface area (Å²) in [4.78, 5) is 12.2. The first kappa shape index (κ1) is 16.4. The third kappa shape index (κ3) is 5.47. The maximum atomic E-state index is 12.2. The number of hydrogen-bond acceptors (Lipinski definition) is 5. The first-order chi connectivity index (χ1) is 9.25. The Morgan fingerprint density at radius 2 is 2.11 bits per heavy atom. The topological polar surface area (TPSA) is 56.8 Å². The molecule has 0 saturated carbocycles. The van der Waals surface area contributed by atoms with Crippen LogP contribution in [0.2, 0.25) is 0 Å². The molecule has 0 aromatic heterocycles. The van der Waals surface area contributed by atoms with Crippen molar-refractivity contribution in [1.82, 2.24) is 5.32 Å². The van der Waals surface area contributed by atoms with Gasteiger partial charge in [0.15, 0.2) is 0 Å². The third-order valence-corrected chi connectivity index (χ3v) is 3.50. The highest BCUT2D eigenvalue weighted by Crippen LogP contribution is 2.32. The number of methoxy groups -OCH3 is 1. The van der Waals surface area contributed by atoms with Crippen molar-refractivity contribution >= 4 is 5.97 Å². The van der Waals surface area contributed by atoms with Crippen LogP contribution in [0.1, 0.15) is 32.6 Å². The summed E-state index contributed by atoms with van der Waals surface area (Å²) < 4.78 is 15.6. The van der Waals surface area contributed by atoms with Crippen LogP contribution in [0.25, 0.3) is 0 Å². The average molecular weight is 273 g/mol.